The van der Waals surface area contributed by atoms with Crippen LogP contribution in [0.1, 0.15) is 12.0 Å². The average Bonchev–Trinajstić information content (AvgIpc) is 2.44. The van der Waals surface area contributed by atoms with Crippen LogP contribution >= 0.6 is 27.5 Å². The SMILES string of the molecule is CNC(Cc1ccc(Br)cc1Cl)CC1CN(C)CCN1C. The Morgan fingerprint density at radius 3 is 2.81 bits per heavy atom. The van der Waals surface area contributed by atoms with Gasteiger partial charge in [-0.2, -0.15) is 0 Å². The molecule has 1 N–H and O–H groups in total. The molecule has 2 rings (SSSR count). The fraction of sp³-hybridized carbons (Fsp3) is 0.625. The van der Waals surface area contributed by atoms with E-state index in [0.717, 1.165) is 42.0 Å². The van der Waals surface area contributed by atoms with E-state index in [-0.39, 0.29) is 0 Å². The minimum atomic E-state index is 0.447. The largest absolute Gasteiger partial charge is 0.317 e. The van der Waals surface area contributed by atoms with Gasteiger partial charge >= 0.3 is 0 Å². The summed E-state index contributed by atoms with van der Waals surface area (Å²) < 4.78 is 1.03. The molecule has 1 aromatic carbocycles. The molecule has 2 atom stereocenters. The minimum Gasteiger partial charge on any atom is -0.317 e. The zero-order chi connectivity index (χ0) is 15.4. The van der Waals surface area contributed by atoms with Gasteiger partial charge in [0.1, 0.15) is 0 Å². The third-order valence-electron chi connectivity index (χ3n) is 4.43. The van der Waals surface area contributed by atoms with Crippen LogP contribution in [0.4, 0.5) is 0 Å². The highest BCUT2D eigenvalue weighted by Gasteiger charge is 2.25. The molecule has 0 saturated carbocycles. The van der Waals surface area contributed by atoms with E-state index in [4.69, 9.17) is 11.6 Å². The first kappa shape index (κ1) is 17.2. The van der Waals surface area contributed by atoms with Gasteiger partial charge in [-0.05, 0) is 51.7 Å². The Hall–Kier alpha value is -0.130. The van der Waals surface area contributed by atoms with Gasteiger partial charge in [0, 0.05) is 41.2 Å². The Bertz CT molecular complexity index is 469. The summed E-state index contributed by atoms with van der Waals surface area (Å²) in [6.07, 6.45) is 2.11. The van der Waals surface area contributed by atoms with Gasteiger partial charge in [-0.25, -0.2) is 0 Å². The van der Waals surface area contributed by atoms with Crippen molar-refractivity contribution in [1.29, 1.82) is 0 Å². The van der Waals surface area contributed by atoms with E-state index < -0.39 is 0 Å². The first-order valence-electron chi connectivity index (χ1n) is 7.49. The van der Waals surface area contributed by atoms with E-state index in [0.29, 0.717) is 12.1 Å². The second-order valence-corrected chi connectivity index (χ2v) is 7.38. The monoisotopic (exact) mass is 373 g/mol. The maximum absolute atomic E-state index is 6.35. The van der Waals surface area contributed by atoms with E-state index in [1.54, 1.807) is 0 Å². The van der Waals surface area contributed by atoms with Crippen LogP contribution in [0.15, 0.2) is 22.7 Å². The highest BCUT2D eigenvalue weighted by Crippen LogP contribution is 2.24. The first-order chi connectivity index (χ1) is 9.99. The molecular formula is C16H25BrClN3. The highest BCUT2D eigenvalue weighted by molar-refractivity contribution is 9.10. The van der Waals surface area contributed by atoms with Gasteiger partial charge in [0.15, 0.2) is 0 Å². The fourth-order valence-electron chi connectivity index (χ4n) is 2.94. The van der Waals surface area contributed by atoms with Crippen molar-refractivity contribution in [3.8, 4) is 0 Å². The molecule has 5 heteroatoms. The number of hydrogen-bond acceptors (Lipinski definition) is 3. The van der Waals surface area contributed by atoms with Gasteiger partial charge in [-0.1, -0.05) is 33.6 Å². The van der Waals surface area contributed by atoms with E-state index in [1.165, 1.54) is 5.56 Å². The topological polar surface area (TPSA) is 18.5 Å². The van der Waals surface area contributed by atoms with Crippen LogP contribution in [0.3, 0.4) is 0 Å². The number of benzene rings is 1. The number of nitrogens with one attached hydrogen (secondary N) is 1. The normalized spacial score (nSPS) is 22.4. The Balaban J connectivity index is 1.99. The number of halogens is 2. The average molecular weight is 375 g/mol. The molecule has 0 spiro atoms. The molecule has 0 aromatic heterocycles. The van der Waals surface area contributed by atoms with Gasteiger partial charge in [0.05, 0.1) is 0 Å². The quantitative estimate of drug-likeness (QED) is 0.855. The molecule has 1 aromatic rings. The molecule has 1 aliphatic heterocycles. The molecule has 0 bridgehead atoms. The molecule has 2 unspecified atom stereocenters. The molecule has 1 saturated heterocycles. The van der Waals surface area contributed by atoms with Crippen LogP contribution in [0, 0.1) is 0 Å². The third-order valence-corrected chi connectivity index (χ3v) is 5.27. The number of nitrogens with zero attached hydrogens (tertiary/aromatic N) is 2. The number of hydrogen-bond donors (Lipinski definition) is 1. The lowest BCUT2D eigenvalue weighted by Gasteiger charge is -2.39. The highest BCUT2D eigenvalue weighted by atomic mass is 79.9. The summed E-state index contributed by atoms with van der Waals surface area (Å²) in [6, 6.07) is 7.21. The Labute approximate surface area is 141 Å². The van der Waals surface area contributed by atoms with Gasteiger partial charge in [-0.15, -0.1) is 0 Å². The van der Waals surface area contributed by atoms with Gasteiger partial charge in [0.25, 0.3) is 0 Å². The molecule has 0 radical (unpaired) electrons. The standard InChI is InChI=1S/C16H25BrClN3/c1-19-14(8-12-4-5-13(17)9-16(12)18)10-15-11-20(2)6-7-21(15)3/h4-5,9,14-15,19H,6-8,10-11H2,1-3H3. The summed E-state index contributed by atoms with van der Waals surface area (Å²) in [6.45, 7) is 3.45. The third kappa shape index (κ3) is 4.93. The smallest absolute Gasteiger partial charge is 0.0449 e. The van der Waals surface area contributed by atoms with Crippen LogP contribution in [0.5, 0.6) is 0 Å². The van der Waals surface area contributed by atoms with Crippen molar-refractivity contribution in [3.05, 3.63) is 33.3 Å². The molecule has 118 valence electrons. The van der Waals surface area contributed by atoms with Crippen LogP contribution in [0.2, 0.25) is 5.02 Å². The second-order valence-electron chi connectivity index (χ2n) is 6.06. The second kappa shape index (κ2) is 7.93. The summed E-state index contributed by atoms with van der Waals surface area (Å²) in [4.78, 5) is 4.90. The summed E-state index contributed by atoms with van der Waals surface area (Å²) in [5, 5.41) is 4.31. The van der Waals surface area contributed by atoms with Crippen LogP contribution in [-0.2, 0) is 6.42 Å². The van der Waals surface area contributed by atoms with Crippen molar-refractivity contribution >= 4 is 27.5 Å². The Kier molecular flexibility index (Phi) is 6.51. The van der Waals surface area contributed by atoms with E-state index in [9.17, 15) is 0 Å². The molecule has 1 heterocycles. The molecular weight excluding hydrogens is 350 g/mol. The summed E-state index contributed by atoms with van der Waals surface area (Å²) >= 11 is 9.81. The Morgan fingerprint density at radius 2 is 2.14 bits per heavy atom. The number of likely N-dealkylation sites (N-methyl/N-ethyl adjacent to an activating group) is 3. The zero-order valence-electron chi connectivity index (χ0n) is 13.1. The first-order valence-corrected chi connectivity index (χ1v) is 8.66. The Morgan fingerprint density at radius 1 is 1.38 bits per heavy atom. The van der Waals surface area contributed by atoms with E-state index >= 15 is 0 Å². The zero-order valence-corrected chi connectivity index (χ0v) is 15.4. The van der Waals surface area contributed by atoms with Crippen molar-refractivity contribution in [2.24, 2.45) is 0 Å². The lowest BCUT2D eigenvalue weighted by atomic mass is 9.97. The lowest BCUT2D eigenvalue weighted by Crippen LogP contribution is -2.52. The van der Waals surface area contributed by atoms with Crippen molar-refractivity contribution in [1.82, 2.24) is 15.1 Å². The van der Waals surface area contributed by atoms with E-state index in [2.05, 4.69) is 57.3 Å². The molecule has 0 aliphatic carbocycles. The molecule has 1 fully saturated rings. The van der Waals surface area contributed by atoms with Gasteiger partial charge in [-0.3, -0.25) is 0 Å². The van der Waals surface area contributed by atoms with Gasteiger partial charge < -0.3 is 15.1 Å². The van der Waals surface area contributed by atoms with Crippen molar-refractivity contribution in [2.45, 2.75) is 24.9 Å². The van der Waals surface area contributed by atoms with E-state index in [1.807, 2.05) is 13.1 Å². The van der Waals surface area contributed by atoms with Crippen molar-refractivity contribution in [3.63, 3.8) is 0 Å². The summed E-state index contributed by atoms with van der Waals surface area (Å²) in [7, 11) is 6.49. The van der Waals surface area contributed by atoms with Crippen molar-refractivity contribution < 1.29 is 0 Å². The summed E-state index contributed by atoms with van der Waals surface area (Å²) in [5.41, 5.74) is 1.21. The van der Waals surface area contributed by atoms with Gasteiger partial charge in [0.2, 0.25) is 0 Å². The molecule has 1 aliphatic rings. The molecule has 21 heavy (non-hydrogen) atoms. The maximum Gasteiger partial charge on any atom is 0.0449 e. The predicted molar refractivity (Wildman–Crippen MR) is 94.2 cm³/mol. The van der Waals surface area contributed by atoms with Crippen molar-refractivity contribution in [2.75, 3.05) is 40.8 Å². The minimum absolute atomic E-state index is 0.447. The fourth-order valence-corrected chi connectivity index (χ4v) is 3.69. The molecule has 3 nitrogen and oxygen atoms in total. The van der Waals surface area contributed by atoms with Crippen LogP contribution in [0.25, 0.3) is 0 Å². The predicted octanol–water partition coefficient (Wildman–Crippen LogP) is 2.87. The van der Waals surface area contributed by atoms with Crippen LogP contribution < -0.4 is 5.32 Å². The number of piperazine rings is 1. The maximum atomic E-state index is 6.35. The lowest BCUT2D eigenvalue weighted by molar-refractivity contribution is 0.102. The van der Waals surface area contributed by atoms with Crippen LogP contribution in [-0.4, -0.2) is 62.7 Å². The number of rotatable bonds is 5. The summed E-state index contributed by atoms with van der Waals surface area (Å²) in [5.74, 6) is 0. The molecule has 0 amide bonds.